The highest BCUT2D eigenvalue weighted by atomic mass is 16.6. The maximum absolute atomic E-state index is 13.3. The summed E-state index contributed by atoms with van der Waals surface area (Å²) in [6.07, 6.45) is 0.638. The molecule has 0 radical (unpaired) electrons. The van der Waals surface area contributed by atoms with Crippen molar-refractivity contribution in [3.05, 3.63) is 138 Å². The summed E-state index contributed by atoms with van der Waals surface area (Å²) in [4.78, 5) is 38.1. The molecule has 0 aliphatic heterocycles. The molecule has 0 saturated heterocycles. The van der Waals surface area contributed by atoms with Crippen LogP contribution in [0.2, 0.25) is 0 Å². The lowest BCUT2D eigenvalue weighted by atomic mass is 10.1. The standard InChI is InChI=1S/C33H32N2O5/c36-23-30(22-27-16-19-31(20-17-27)39-24-28-12-6-2-7-13-28)35(32(37)21-18-26-10-4-1-5-11-26)34-33(38)40-25-29-14-8-3-9-15-29/h1-17,19-20,23,30H,18,21-22,24-25H2,(H,34,38)/t30-/m0/s1. The molecule has 0 unspecified atom stereocenters. The van der Waals surface area contributed by atoms with Gasteiger partial charge in [0.05, 0.1) is 0 Å². The molecule has 204 valence electrons. The lowest BCUT2D eigenvalue weighted by Gasteiger charge is -2.28. The molecule has 2 amide bonds. The predicted octanol–water partition coefficient (Wildman–Crippen LogP) is 5.68. The molecule has 0 spiro atoms. The van der Waals surface area contributed by atoms with Crippen LogP contribution in [0, 0.1) is 0 Å². The van der Waals surface area contributed by atoms with Crippen molar-refractivity contribution in [1.29, 1.82) is 0 Å². The normalized spacial score (nSPS) is 11.2. The van der Waals surface area contributed by atoms with Gasteiger partial charge in [-0.15, -0.1) is 0 Å². The highest BCUT2D eigenvalue weighted by Gasteiger charge is 2.26. The Morgan fingerprint density at radius 1 is 0.700 bits per heavy atom. The molecule has 0 heterocycles. The monoisotopic (exact) mass is 536 g/mol. The highest BCUT2D eigenvalue weighted by Crippen LogP contribution is 2.17. The molecule has 7 heteroatoms. The van der Waals surface area contributed by atoms with Crippen LogP contribution in [0.4, 0.5) is 4.79 Å². The third kappa shape index (κ3) is 8.84. The number of nitrogens with zero attached hydrogens (tertiary/aromatic N) is 1. The van der Waals surface area contributed by atoms with E-state index >= 15 is 0 Å². The summed E-state index contributed by atoms with van der Waals surface area (Å²) in [5, 5.41) is 1.09. The molecule has 4 aromatic carbocycles. The van der Waals surface area contributed by atoms with Crippen LogP contribution >= 0.6 is 0 Å². The van der Waals surface area contributed by atoms with E-state index in [1.54, 1.807) is 0 Å². The largest absolute Gasteiger partial charge is 0.489 e. The number of hydrogen-bond acceptors (Lipinski definition) is 5. The molecule has 40 heavy (non-hydrogen) atoms. The fourth-order valence-corrected chi connectivity index (χ4v) is 4.10. The number of aryl methyl sites for hydroxylation is 1. The number of ether oxygens (including phenoxy) is 2. The topological polar surface area (TPSA) is 84.9 Å². The Morgan fingerprint density at radius 2 is 1.25 bits per heavy atom. The zero-order chi connectivity index (χ0) is 28.0. The van der Waals surface area contributed by atoms with Crippen molar-refractivity contribution in [1.82, 2.24) is 10.4 Å². The van der Waals surface area contributed by atoms with Crippen LogP contribution in [-0.4, -0.2) is 29.3 Å². The van der Waals surface area contributed by atoms with Crippen molar-refractivity contribution in [3.8, 4) is 5.75 Å². The molecule has 7 nitrogen and oxygen atoms in total. The molecule has 4 aromatic rings. The van der Waals surface area contributed by atoms with Crippen LogP contribution in [0.25, 0.3) is 0 Å². The molecule has 0 fully saturated rings. The first-order valence-electron chi connectivity index (χ1n) is 13.1. The quantitative estimate of drug-likeness (QED) is 0.186. The van der Waals surface area contributed by atoms with Gasteiger partial charge in [-0.05, 0) is 40.8 Å². The third-order valence-corrected chi connectivity index (χ3v) is 6.27. The molecule has 1 atom stereocenters. The summed E-state index contributed by atoms with van der Waals surface area (Å²) in [6.45, 7) is 0.477. The molecule has 1 N–H and O–H groups in total. The van der Waals surface area contributed by atoms with E-state index in [2.05, 4.69) is 5.43 Å². The number of rotatable bonds is 12. The van der Waals surface area contributed by atoms with Crippen molar-refractivity contribution in [3.63, 3.8) is 0 Å². The number of hydrazine groups is 1. The Morgan fingerprint density at radius 3 is 1.82 bits per heavy atom. The van der Waals surface area contributed by atoms with E-state index in [9.17, 15) is 14.4 Å². The smallest absolute Gasteiger partial charge is 0.426 e. The lowest BCUT2D eigenvalue weighted by molar-refractivity contribution is -0.139. The number of aldehydes is 1. The zero-order valence-electron chi connectivity index (χ0n) is 22.1. The Bertz CT molecular complexity index is 1350. The Labute approximate surface area is 234 Å². The third-order valence-electron chi connectivity index (χ3n) is 6.27. The number of benzene rings is 4. The maximum atomic E-state index is 13.3. The molecule has 0 aliphatic rings. The van der Waals surface area contributed by atoms with Gasteiger partial charge in [-0.2, -0.15) is 0 Å². The predicted molar refractivity (Wildman–Crippen MR) is 152 cm³/mol. The number of hydrogen-bond donors (Lipinski definition) is 1. The van der Waals surface area contributed by atoms with E-state index in [1.807, 2.05) is 115 Å². The first-order valence-corrected chi connectivity index (χ1v) is 13.1. The van der Waals surface area contributed by atoms with E-state index in [-0.39, 0.29) is 25.4 Å². The average Bonchev–Trinajstić information content (AvgIpc) is 3.01. The second kappa shape index (κ2) is 14.9. The molecule has 0 aliphatic carbocycles. The summed E-state index contributed by atoms with van der Waals surface area (Å²) in [5.41, 5.74) is 6.17. The maximum Gasteiger partial charge on any atom is 0.426 e. The fourth-order valence-electron chi connectivity index (χ4n) is 4.10. The second-order valence-electron chi connectivity index (χ2n) is 9.25. The molecule has 0 aromatic heterocycles. The Balaban J connectivity index is 1.41. The minimum Gasteiger partial charge on any atom is -0.489 e. The number of amides is 2. The van der Waals surface area contributed by atoms with Crippen molar-refractivity contribution in [2.75, 3.05) is 0 Å². The summed E-state index contributed by atoms with van der Waals surface area (Å²) in [6, 6.07) is 35.0. The van der Waals surface area contributed by atoms with E-state index in [1.165, 1.54) is 0 Å². The lowest BCUT2D eigenvalue weighted by Crippen LogP contribution is -2.53. The van der Waals surface area contributed by atoms with Gasteiger partial charge < -0.3 is 14.3 Å². The number of carbonyl (C=O) groups excluding carboxylic acids is 3. The molecule has 0 saturated carbocycles. The van der Waals surface area contributed by atoms with Crippen LogP contribution in [0.5, 0.6) is 5.75 Å². The van der Waals surface area contributed by atoms with Crippen LogP contribution < -0.4 is 10.2 Å². The van der Waals surface area contributed by atoms with Crippen molar-refractivity contribution in [2.24, 2.45) is 0 Å². The minimum atomic E-state index is -0.927. The van der Waals surface area contributed by atoms with Crippen LogP contribution in [-0.2, 0) is 40.4 Å². The van der Waals surface area contributed by atoms with Crippen molar-refractivity contribution < 1.29 is 23.9 Å². The van der Waals surface area contributed by atoms with Gasteiger partial charge in [0.1, 0.15) is 31.3 Å². The summed E-state index contributed by atoms with van der Waals surface area (Å²) < 4.78 is 11.2. The van der Waals surface area contributed by atoms with Gasteiger partial charge in [0.15, 0.2) is 0 Å². The van der Waals surface area contributed by atoms with Crippen molar-refractivity contribution >= 4 is 18.3 Å². The van der Waals surface area contributed by atoms with E-state index in [0.29, 0.717) is 25.1 Å². The second-order valence-corrected chi connectivity index (χ2v) is 9.25. The first-order chi connectivity index (χ1) is 19.6. The fraction of sp³-hybridized carbons (Fsp3) is 0.182. The van der Waals surface area contributed by atoms with Gasteiger partial charge in [0.2, 0.25) is 5.91 Å². The van der Waals surface area contributed by atoms with Gasteiger partial charge in [-0.3, -0.25) is 4.79 Å². The van der Waals surface area contributed by atoms with E-state index in [4.69, 9.17) is 9.47 Å². The first kappa shape index (κ1) is 28.1. The number of carbonyl (C=O) groups is 3. The van der Waals surface area contributed by atoms with Gasteiger partial charge >= 0.3 is 6.09 Å². The van der Waals surface area contributed by atoms with Crippen LogP contribution in [0.15, 0.2) is 115 Å². The minimum absolute atomic E-state index is 0.0366. The molecule has 4 rings (SSSR count). The zero-order valence-corrected chi connectivity index (χ0v) is 22.1. The van der Waals surface area contributed by atoms with E-state index in [0.717, 1.165) is 27.3 Å². The summed E-state index contributed by atoms with van der Waals surface area (Å²) in [5.74, 6) is 0.300. The van der Waals surface area contributed by atoms with Crippen LogP contribution in [0.1, 0.15) is 28.7 Å². The van der Waals surface area contributed by atoms with Gasteiger partial charge in [0.25, 0.3) is 0 Å². The SMILES string of the molecule is O=C[C@H](Cc1ccc(OCc2ccccc2)cc1)N(NC(=O)OCc1ccccc1)C(=O)CCc1ccccc1. The molecular formula is C33H32N2O5. The van der Waals surface area contributed by atoms with Crippen molar-refractivity contribution in [2.45, 2.75) is 38.5 Å². The Kier molecular flexibility index (Phi) is 10.5. The summed E-state index contributed by atoms with van der Waals surface area (Å²) in [7, 11) is 0. The number of nitrogens with one attached hydrogen (secondary N) is 1. The Hall–Kier alpha value is -4.91. The molecule has 0 bridgehead atoms. The van der Waals surface area contributed by atoms with Crippen LogP contribution in [0.3, 0.4) is 0 Å². The van der Waals surface area contributed by atoms with Gasteiger partial charge in [0, 0.05) is 12.8 Å². The van der Waals surface area contributed by atoms with E-state index < -0.39 is 12.1 Å². The highest BCUT2D eigenvalue weighted by molar-refractivity contribution is 5.82. The average molecular weight is 537 g/mol. The van der Waals surface area contributed by atoms with Gasteiger partial charge in [-0.25, -0.2) is 15.2 Å². The molecular weight excluding hydrogens is 504 g/mol. The van der Waals surface area contributed by atoms with Gasteiger partial charge in [-0.1, -0.05) is 103 Å². The summed E-state index contributed by atoms with van der Waals surface area (Å²) >= 11 is 0.